The maximum atomic E-state index is 11.6. The number of benzene rings is 2. The highest BCUT2D eigenvalue weighted by molar-refractivity contribution is 5.81. The molecule has 0 amide bonds. The van der Waals surface area contributed by atoms with E-state index in [1.165, 1.54) is 47.1 Å². The molecule has 0 spiro atoms. The molecule has 0 saturated heterocycles. The van der Waals surface area contributed by atoms with Crippen LogP contribution in [0.1, 0.15) is 52.6 Å². The molecule has 1 aliphatic heterocycles. The number of carboxylic acid groups (broad SMARTS) is 1. The van der Waals surface area contributed by atoms with Crippen molar-refractivity contribution in [1.29, 1.82) is 0 Å². The fraction of sp³-hybridized carbons (Fsp3) is 0.458. The molecule has 1 heterocycles. The van der Waals surface area contributed by atoms with E-state index in [1.54, 1.807) is 0 Å². The van der Waals surface area contributed by atoms with E-state index in [2.05, 4.69) is 49.9 Å². The van der Waals surface area contributed by atoms with Crippen LogP contribution in [-0.4, -0.2) is 28.6 Å². The first-order valence-electron chi connectivity index (χ1n) is 10.1. The smallest absolute Gasteiger partial charge is 0.307 e. The third-order valence-corrected chi connectivity index (χ3v) is 6.67. The van der Waals surface area contributed by atoms with Crippen LogP contribution in [0.25, 0.3) is 11.1 Å². The Morgan fingerprint density at radius 2 is 1.78 bits per heavy atom. The van der Waals surface area contributed by atoms with Gasteiger partial charge in [-0.1, -0.05) is 36.2 Å². The number of aryl methyl sites for hydroxylation is 1. The summed E-state index contributed by atoms with van der Waals surface area (Å²) in [6.45, 7) is 8.53. The Morgan fingerprint density at radius 3 is 2.37 bits per heavy atom. The van der Waals surface area contributed by atoms with E-state index in [9.17, 15) is 9.90 Å². The van der Waals surface area contributed by atoms with Gasteiger partial charge in [-0.25, -0.2) is 0 Å². The molecule has 1 fully saturated rings. The quantitative estimate of drug-likeness (QED) is 0.847. The summed E-state index contributed by atoms with van der Waals surface area (Å²) in [7, 11) is 0. The lowest BCUT2D eigenvalue weighted by molar-refractivity contribution is -0.136. The van der Waals surface area contributed by atoms with Gasteiger partial charge in [0.15, 0.2) is 0 Å². The van der Waals surface area contributed by atoms with Crippen LogP contribution in [0.4, 0.5) is 0 Å². The predicted octanol–water partition coefficient (Wildman–Crippen LogP) is 4.82. The van der Waals surface area contributed by atoms with Gasteiger partial charge in [-0.3, -0.25) is 9.69 Å². The fourth-order valence-electron chi connectivity index (χ4n) is 4.84. The van der Waals surface area contributed by atoms with Gasteiger partial charge in [-0.05, 0) is 79.0 Å². The highest BCUT2D eigenvalue weighted by Gasteiger charge is 2.31. The Balaban J connectivity index is 1.86. The first-order chi connectivity index (χ1) is 13.0. The number of hydrogen-bond donors (Lipinski definition) is 1. The van der Waals surface area contributed by atoms with Gasteiger partial charge in [-0.2, -0.15) is 0 Å². The van der Waals surface area contributed by atoms with Crippen molar-refractivity contribution < 1.29 is 9.90 Å². The zero-order valence-electron chi connectivity index (χ0n) is 16.6. The molecule has 2 aromatic carbocycles. The molecule has 1 saturated carbocycles. The summed E-state index contributed by atoms with van der Waals surface area (Å²) >= 11 is 0. The number of aliphatic carboxylic acids is 1. The monoisotopic (exact) mass is 363 g/mol. The van der Waals surface area contributed by atoms with Crippen LogP contribution in [0.3, 0.4) is 0 Å². The SMILES string of the molecule is Cc1ccc(-c2c(C)c3c(c(C)c2CC(=O)O)CCN(C2CCC2)C3)cc1. The number of hydrogen-bond acceptors (Lipinski definition) is 2. The lowest BCUT2D eigenvalue weighted by atomic mass is 9.80. The third kappa shape index (κ3) is 3.29. The third-order valence-electron chi connectivity index (χ3n) is 6.67. The molecule has 0 atom stereocenters. The van der Waals surface area contributed by atoms with E-state index in [4.69, 9.17) is 0 Å². The predicted molar refractivity (Wildman–Crippen MR) is 109 cm³/mol. The molecule has 0 bridgehead atoms. The van der Waals surface area contributed by atoms with E-state index in [-0.39, 0.29) is 6.42 Å². The average molecular weight is 364 g/mol. The Kier molecular flexibility index (Phi) is 4.81. The van der Waals surface area contributed by atoms with Crippen LogP contribution in [0.15, 0.2) is 24.3 Å². The van der Waals surface area contributed by atoms with Crippen molar-refractivity contribution in [2.45, 2.75) is 65.5 Å². The first-order valence-corrected chi connectivity index (χ1v) is 10.1. The normalized spacial score (nSPS) is 17.4. The topological polar surface area (TPSA) is 40.5 Å². The van der Waals surface area contributed by atoms with Crippen molar-refractivity contribution in [1.82, 2.24) is 4.90 Å². The lowest BCUT2D eigenvalue weighted by Crippen LogP contribution is -2.43. The summed E-state index contributed by atoms with van der Waals surface area (Å²) in [6, 6.07) is 9.27. The summed E-state index contributed by atoms with van der Waals surface area (Å²) in [5.74, 6) is -0.752. The van der Waals surface area contributed by atoms with Gasteiger partial charge in [0.1, 0.15) is 0 Å². The minimum Gasteiger partial charge on any atom is -0.481 e. The average Bonchev–Trinajstić information content (AvgIpc) is 2.59. The van der Waals surface area contributed by atoms with E-state index < -0.39 is 5.97 Å². The lowest BCUT2D eigenvalue weighted by Gasteiger charge is -2.42. The molecule has 27 heavy (non-hydrogen) atoms. The molecule has 2 aliphatic rings. The number of rotatable bonds is 4. The van der Waals surface area contributed by atoms with Crippen molar-refractivity contribution >= 4 is 5.97 Å². The summed E-state index contributed by atoms with van der Waals surface area (Å²) in [4.78, 5) is 14.3. The molecule has 0 radical (unpaired) electrons. The van der Waals surface area contributed by atoms with Crippen LogP contribution >= 0.6 is 0 Å². The van der Waals surface area contributed by atoms with Crippen molar-refractivity contribution in [3.63, 3.8) is 0 Å². The minimum atomic E-state index is -0.752. The maximum absolute atomic E-state index is 11.6. The van der Waals surface area contributed by atoms with Crippen LogP contribution < -0.4 is 0 Å². The van der Waals surface area contributed by atoms with Crippen LogP contribution in [0.2, 0.25) is 0 Å². The maximum Gasteiger partial charge on any atom is 0.307 e. The zero-order chi connectivity index (χ0) is 19.1. The largest absolute Gasteiger partial charge is 0.481 e. The molecule has 0 unspecified atom stereocenters. The van der Waals surface area contributed by atoms with Crippen molar-refractivity contribution in [2.75, 3.05) is 6.54 Å². The molecular weight excluding hydrogens is 334 g/mol. The molecule has 3 nitrogen and oxygen atoms in total. The summed E-state index contributed by atoms with van der Waals surface area (Å²) in [6.07, 6.45) is 5.15. The molecule has 3 heteroatoms. The van der Waals surface area contributed by atoms with Crippen molar-refractivity contribution in [3.8, 4) is 11.1 Å². The van der Waals surface area contributed by atoms with E-state index in [1.807, 2.05) is 0 Å². The van der Waals surface area contributed by atoms with Gasteiger partial charge >= 0.3 is 5.97 Å². The summed E-state index contributed by atoms with van der Waals surface area (Å²) in [5.41, 5.74) is 9.82. The Morgan fingerprint density at radius 1 is 1.07 bits per heavy atom. The van der Waals surface area contributed by atoms with Gasteiger partial charge in [0, 0.05) is 19.1 Å². The standard InChI is InChI=1S/C24H29NO2/c1-15-7-9-18(10-8-15)24-17(3)22-14-25(19-5-4-6-19)12-11-20(22)16(2)21(24)13-23(26)27/h7-10,19H,4-6,11-14H2,1-3H3,(H,26,27). The zero-order valence-corrected chi connectivity index (χ0v) is 16.6. The minimum absolute atomic E-state index is 0.0928. The molecule has 4 rings (SSSR count). The van der Waals surface area contributed by atoms with Gasteiger partial charge in [0.2, 0.25) is 0 Å². The number of carbonyl (C=O) groups is 1. The second-order valence-electron chi connectivity index (χ2n) is 8.30. The van der Waals surface area contributed by atoms with E-state index >= 15 is 0 Å². The van der Waals surface area contributed by atoms with Gasteiger partial charge in [-0.15, -0.1) is 0 Å². The van der Waals surface area contributed by atoms with Crippen molar-refractivity contribution in [3.05, 3.63) is 57.6 Å². The Bertz CT molecular complexity index is 878. The molecule has 142 valence electrons. The van der Waals surface area contributed by atoms with Crippen LogP contribution in [0.5, 0.6) is 0 Å². The highest BCUT2D eigenvalue weighted by atomic mass is 16.4. The fourth-order valence-corrected chi connectivity index (χ4v) is 4.84. The van der Waals surface area contributed by atoms with Crippen molar-refractivity contribution in [2.24, 2.45) is 0 Å². The first kappa shape index (κ1) is 18.2. The van der Waals surface area contributed by atoms with Gasteiger partial charge in [0.05, 0.1) is 6.42 Å². The van der Waals surface area contributed by atoms with Crippen LogP contribution in [-0.2, 0) is 24.2 Å². The second kappa shape index (κ2) is 7.12. The number of carboxylic acids is 1. The molecular formula is C24H29NO2. The summed E-state index contributed by atoms with van der Waals surface area (Å²) < 4.78 is 0. The highest BCUT2D eigenvalue weighted by Crippen LogP contribution is 2.39. The molecule has 1 N–H and O–H groups in total. The van der Waals surface area contributed by atoms with Gasteiger partial charge < -0.3 is 5.11 Å². The van der Waals surface area contributed by atoms with Gasteiger partial charge in [0.25, 0.3) is 0 Å². The molecule has 2 aromatic rings. The van der Waals surface area contributed by atoms with E-state index in [0.717, 1.165) is 42.2 Å². The number of nitrogens with zero attached hydrogens (tertiary/aromatic N) is 1. The Hall–Kier alpha value is -2.13. The second-order valence-corrected chi connectivity index (χ2v) is 8.30. The molecule has 0 aromatic heterocycles. The molecule has 1 aliphatic carbocycles. The summed E-state index contributed by atoms with van der Waals surface area (Å²) in [5, 5.41) is 9.55. The van der Waals surface area contributed by atoms with Crippen LogP contribution in [0, 0.1) is 20.8 Å². The Labute approximate surface area is 162 Å². The van der Waals surface area contributed by atoms with E-state index in [0.29, 0.717) is 0 Å². The number of fused-ring (bicyclic) bond motifs is 1.